The zero-order valence-electron chi connectivity index (χ0n) is 10.3. The molecular formula is C13H16N4O. The van der Waals surface area contributed by atoms with Gasteiger partial charge in [0, 0.05) is 17.6 Å². The molecule has 1 aliphatic rings. The van der Waals surface area contributed by atoms with E-state index in [9.17, 15) is 0 Å². The van der Waals surface area contributed by atoms with Crippen LogP contribution in [-0.2, 0) is 4.74 Å². The lowest BCUT2D eigenvalue weighted by molar-refractivity contribution is -0.0924. The number of ether oxygens (including phenoxy) is 1. The Morgan fingerprint density at radius 1 is 1.22 bits per heavy atom. The van der Waals surface area contributed by atoms with Gasteiger partial charge in [-0.15, -0.1) is 0 Å². The highest BCUT2D eigenvalue weighted by Gasteiger charge is 2.32. The van der Waals surface area contributed by atoms with E-state index in [4.69, 9.17) is 4.74 Å². The molecule has 0 bridgehead atoms. The molecule has 5 heteroatoms. The molecule has 5 nitrogen and oxygen atoms in total. The summed E-state index contributed by atoms with van der Waals surface area (Å²) >= 11 is 0. The average Bonchev–Trinajstić information content (AvgIpc) is 2.88. The Kier molecular flexibility index (Phi) is 2.76. The molecule has 1 N–H and O–H groups in total. The van der Waals surface area contributed by atoms with Gasteiger partial charge in [0.05, 0.1) is 31.3 Å². The van der Waals surface area contributed by atoms with Crippen molar-refractivity contribution in [1.29, 1.82) is 0 Å². The molecular weight excluding hydrogens is 228 g/mol. The number of anilines is 1. The number of nitrogens with one attached hydrogen (secondary N) is 1. The third-order valence-corrected chi connectivity index (χ3v) is 3.14. The predicted octanol–water partition coefficient (Wildman–Crippen LogP) is 1.72. The largest absolute Gasteiger partial charge is 0.384 e. The number of benzene rings is 1. The first kappa shape index (κ1) is 11.2. The van der Waals surface area contributed by atoms with E-state index in [2.05, 4.69) is 22.4 Å². The zero-order valence-corrected chi connectivity index (χ0v) is 10.3. The quantitative estimate of drug-likeness (QED) is 0.889. The number of rotatable bonds is 4. The van der Waals surface area contributed by atoms with Gasteiger partial charge in [0.15, 0.2) is 0 Å². The highest BCUT2D eigenvalue weighted by atomic mass is 16.5. The minimum Gasteiger partial charge on any atom is -0.384 e. The summed E-state index contributed by atoms with van der Waals surface area (Å²) in [6.07, 6.45) is 3.34. The molecule has 2 aromatic rings. The third-order valence-electron chi connectivity index (χ3n) is 3.14. The predicted molar refractivity (Wildman–Crippen MR) is 68.8 cm³/mol. The summed E-state index contributed by atoms with van der Waals surface area (Å²) in [6, 6.07) is 8.09. The van der Waals surface area contributed by atoms with Crippen molar-refractivity contribution in [1.82, 2.24) is 15.0 Å². The highest BCUT2D eigenvalue weighted by molar-refractivity contribution is 5.48. The van der Waals surface area contributed by atoms with E-state index in [1.807, 2.05) is 24.3 Å². The highest BCUT2D eigenvalue weighted by Crippen LogP contribution is 2.26. The van der Waals surface area contributed by atoms with Gasteiger partial charge in [0.25, 0.3) is 0 Å². The van der Waals surface area contributed by atoms with Gasteiger partial charge in [0.1, 0.15) is 0 Å². The van der Waals surface area contributed by atoms with E-state index in [0.29, 0.717) is 0 Å². The summed E-state index contributed by atoms with van der Waals surface area (Å²) < 4.78 is 5.23. The monoisotopic (exact) mass is 244 g/mol. The molecule has 1 aromatic heterocycles. The molecule has 1 fully saturated rings. The van der Waals surface area contributed by atoms with Gasteiger partial charge in [-0.2, -0.15) is 15.0 Å². The first-order valence-electron chi connectivity index (χ1n) is 6.04. The van der Waals surface area contributed by atoms with E-state index in [-0.39, 0.29) is 5.41 Å². The molecule has 1 saturated heterocycles. The van der Waals surface area contributed by atoms with Crippen molar-refractivity contribution in [2.45, 2.75) is 6.92 Å². The van der Waals surface area contributed by atoms with Crippen molar-refractivity contribution < 1.29 is 4.74 Å². The zero-order chi connectivity index (χ0) is 12.4. The maximum atomic E-state index is 5.23. The van der Waals surface area contributed by atoms with Crippen LogP contribution in [-0.4, -0.2) is 34.8 Å². The van der Waals surface area contributed by atoms with Crippen LogP contribution in [0.1, 0.15) is 6.92 Å². The number of hydrogen-bond acceptors (Lipinski definition) is 4. The first-order chi connectivity index (χ1) is 8.75. The van der Waals surface area contributed by atoms with Crippen molar-refractivity contribution in [3.8, 4) is 5.69 Å². The second kappa shape index (κ2) is 4.42. The molecule has 0 unspecified atom stereocenters. The van der Waals surface area contributed by atoms with Crippen LogP contribution in [0.4, 0.5) is 5.69 Å². The van der Waals surface area contributed by atoms with Gasteiger partial charge >= 0.3 is 0 Å². The Labute approximate surface area is 106 Å². The van der Waals surface area contributed by atoms with Gasteiger partial charge in [-0.05, 0) is 24.3 Å². The van der Waals surface area contributed by atoms with Crippen molar-refractivity contribution in [3.63, 3.8) is 0 Å². The van der Waals surface area contributed by atoms with Crippen LogP contribution in [0.25, 0.3) is 5.69 Å². The van der Waals surface area contributed by atoms with Crippen molar-refractivity contribution in [2.75, 3.05) is 25.1 Å². The normalized spacial score (nSPS) is 17.2. The van der Waals surface area contributed by atoms with Gasteiger partial charge in [-0.1, -0.05) is 6.92 Å². The van der Waals surface area contributed by atoms with Gasteiger partial charge in [-0.3, -0.25) is 0 Å². The molecule has 1 aliphatic heterocycles. The smallest absolute Gasteiger partial charge is 0.0858 e. The second-order valence-corrected chi connectivity index (χ2v) is 5.02. The Morgan fingerprint density at radius 3 is 2.44 bits per heavy atom. The minimum atomic E-state index is 0.280. The van der Waals surface area contributed by atoms with E-state index >= 15 is 0 Å². The molecule has 2 heterocycles. The lowest BCUT2D eigenvalue weighted by Gasteiger charge is -2.38. The Morgan fingerprint density at radius 2 is 1.89 bits per heavy atom. The summed E-state index contributed by atoms with van der Waals surface area (Å²) in [6.45, 7) is 4.85. The van der Waals surface area contributed by atoms with Crippen LogP contribution in [0.5, 0.6) is 0 Å². The molecule has 0 radical (unpaired) electrons. The van der Waals surface area contributed by atoms with Crippen LogP contribution in [0, 0.1) is 5.41 Å². The number of aromatic nitrogens is 3. The summed E-state index contributed by atoms with van der Waals surface area (Å²) in [4.78, 5) is 1.60. The van der Waals surface area contributed by atoms with Gasteiger partial charge in [-0.25, -0.2) is 0 Å². The SMILES string of the molecule is CC1(CNc2ccc(-n3nccn3)cc2)COC1. The molecule has 0 atom stereocenters. The maximum absolute atomic E-state index is 5.23. The van der Waals surface area contributed by atoms with Crippen LogP contribution >= 0.6 is 0 Å². The topological polar surface area (TPSA) is 52.0 Å². The number of hydrogen-bond donors (Lipinski definition) is 1. The van der Waals surface area contributed by atoms with Crippen LogP contribution in [0.2, 0.25) is 0 Å². The van der Waals surface area contributed by atoms with Crippen LogP contribution in [0.15, 0.2) is 36.7 Å². The van der Waals surface area contributed by atoms with Gasteiger partial charge < -0.3 is 10.1 Å². The second-order valence-electron chi connectivity index (χ2n) is 5.02. The van der Waals surface area contributed by atoms with Crippen LogP contribution in [0.3, 0.4) is 0 Å². The van der Waals surface area contributed by atoms with Crippen molar-refractivity contribution in [3.05, 3.63) is 36.7 Å². The fourth-order valence-electron chi connectivity index (χ4n) is 1.93. The minimum absolute atomic E-state index is 0.280. The van der Waals surface area contributed by atoms with Crippen molar-refractivity contribution >= 4 is 5.69 Å². The molecule has 18 heavy (non-hydrogen) atoms. The van der Waals surface area contributed by atoms with E-state index < -0.39 is 0 Å². The molecule has 0 aliphatic carbocycles. The molecule has 0 amide bonds. The summed E-state index contributed by atoms with van der Waals surface area (Å²) in [5.41, 5.74) is 2.35. The maximum Gasteiger partial charge on any atom is 0.0858 e. The summed E-state index contributed by atoms with van der Waals surface area (Å²) in [5.74, 6) is 0. The lowest BCUT2D eigenvalue weighted by atomic mass is 9.89. The summed E-state index contributed by atoms with van der Waals surface area (Å²) in [7, 11) is 0. The van der Waals surface area contributed by atoms with E-state index in [1.165, 1.54) is 0 Å². The summed E-state index contributed by atoms with van der Waals surface area (Å²) in [5, 5.41) is 11.6. The first-order valence-corrected chi connectivity index (χ1v) is 6.04. The molecule has 1 aromatic carbocycles. The average molecular weight is 244 g/mol. The molecule has 0 saturated carbocycles. The number of nitrogens with zero attached hydrogens (tertiary/aromatic N) is 3. The van der Waals surface area contributed by atoms with Gasteiger partial charge in [0.2, 0.25) is 0 Å². The Bertz CT molecular complexity index is 502. The molecule has 3 rings (SSSR count). The van der Waals surface area contributed by atoms with Crippen LogP contribution < -0.4 is 5.32 Å². The fourth-order valence-corrected chi connectivity index (χ4v) is 1.93. The molecule has 0 spiro atoms. The standard InChI is InChI=1S/C13H16N4O/c1-13(9-18-10-13)8-14-11-2-4-12(5-3-11)17-15-6-7-16-17/h2-7,14H,8-10H2,1H3. The molecule has 94 valence electrons. The van der Waals surface area contributed by atoms with E-state index in [1.54, 1.807) is 17.2 Å². The van der Waals surface area contributed by atoms with Crippen molar-refractivity contribution in [2.24, 2.45) is 5.41 Å². The Balaban J connectivity index is 1.64. The fraction of sp³-hybridized carbons (Fsp3) is 0.385. The van der Waals surface area contributed by atoms with E-state index in [0.717, 1.165) is 31.1 Å². The third kappa shape index (κ3) is 2.22. The lowest BCUT2D eigenvalue weighted by Crippen LogP contribution is -2.45. The Hall–Kier alpha value is -1.88.